The molecule has 10 heavy (non-hydrogen) atoms. The number of hydrogen-bond acceptors (Lipinski definition) is 7. The van der Waals surface area contributed by atoms with E-state index in [2.05, 4.69) is 0 Å². The predicted molar refractivity (Wildman–Crippen MR) is 13.6 cm³/mol. The van der Waals surface area contributed by atoms with Crippen molar-refractivity contribution in [2.75, 3.05) is 0 Å². The Morgan fingerprint density at radius 1 is 0.400 bits per heavy atom. The van der Waals surface area contributed by atoms with Gasteiger partial charge in [0, 0.05) is 0 Å². The second kappa shape index (κ2) is 560. The largest absolute Gasteiger partial charge is 3.00 e. The van der Waals surface area contributed by atoms with Crippen molar-refractivity contribution in [1.29, 1.82) is 0 Å². The Labute approximate surface area is 89.0 Å². The molecule has 0 atom stereocenters. The number of hydrogen-bond donors (Lipinski definition) is 0. The molecule has 0 saturated carbocycles. The van der Waals surface area contributed by atoms with E-state index in [1.165, 1.54) is 0 Å². The van der Waals surface area contributed by atoms with Gasteiger partial charge < -0.3 is 38.3 Å². The maximum atomic E-state index is 0. The molecular weight excluding hydrogens is 282 g/mol. The van der Waals surface area contributed by atoms with Crippen molar-refractivity contribution in [3.63, 3.8) is 0 Å². The Morgan fingerprint density at radius 3 is 0.400 bits per heavy atom. The zero-order valence-corrected chi connectivity index (χ0v) is 7.49. The molecule has 7 nitrogen and oxygen atoms in total. The van der Waals surface area contributed by atoms with Crippen LogP contribution in [0.2, 0.25) is 0 Å². The second-order valence-corrected chi connectivity index (χ2v) is 0. The summed E-state index contributed by atoms with van der Waals surface area (Å²) in [6, 6.07) is 0. The summed E-state index contributed by atoms with van der Waals surface area (Å²) in [4.78, 5) is 0. The smallest absolute Gasteiger partial charge is 0.870 e. The van der Waals surface area contributed by atoms with Gasteiger partial charge in [-0.15, -0.1) is 0 Å². The van der Waals surface area contributed by atoms with E-state index in [0.717, 1.165) is 0 Å². The summed E-state index contributed by atoms with van der Waals surface area (Å²) in [6.07, 6.45) is 0. The molecule has 10 heteroatoms. The minimum Gasteiger partial charge on any atom is -0.870 e. The molecule has 0 rings (SSSR count). The van der Waals surface area contributed by atoms with Crippen LogP contribution in [0.1, 0.15) is 0 Å². The van der Waals surface area contributed by atoms with Crippen molar-refractivity contribution >= 4 is 0 Å². The summed E-state index contributed by atoms with van der Waals surface area (Å²) in [6.45, 7) is 0. The average Bonchev–Trinajstić information content (AvgIpc) is 0. The molecule has 0 aromatic rings. The topological polar surface area (TPSA) is 210 Å². The minimum absolute atomic E-state index is 0. The molecule has 0 saturated heterocycles. The van der Waals surface area contributed by atoms with Crippen molar-refractivity contribution in [1.82, 2.24) is 0 Å². The first-order valence-electron chi connectivity index (χ1n) is 0. The van der Waals surface area contributed by atoms with Crippen LogP contribution in [0.15, 0.2) is 0 Å². The summed E-state index contributed by atoms with van der Waals surface area (Å²) in [7, 11) is 0. The molecule has 0 spiro atoms. The van der Waals surface area contributed by atoms with E-state index >= 15 is 0 Å². The van der Waals surface area contributed by atoms with Gasteiger partial charge in [0.25, 0.3) is 0 Å². The molecule has 0 aliphatic heterocycles. The van der Waals surface area contributed by atoms with Gasteiger partial charge in [-0.1, -0.05) is 0 Å². The molecule has 2 radical (unpaired) electrons. The van der Waals surface area contributed by atoms with E-state index < -0.39 is 0 Å². The standard InChI is InChI=1S/Co.Cr.Ni.7H2O/h;;;7*1H2/q+2;+3;+2;;;;;;;/p-7. The Balaban J connectivity index is 0. The minimum atomic E-state index is 0. The van der Waals surface area contributed by atoms with Gasteiger partial charge in [0.2, 0.25) is 0 Å². The molecule has 0 unspecified atom stereocenters. The van der Waals surface area contributed by atoms with E-state index in [1.807, 2.05) is 0 Å². The zero-order valence-electron chi connectivity index (χ0n) is 4.19. The van der Waals surface area contributed by atoms with Crippen LogP contribution in [0.4, 0.5) is 0 Å². The van der Waals surface area contributed by atoms with E-state index in [1.54, 1.807) is 0 Å². The van der Waals surface area contributed by atoms with Gasteiger partial charge in [-0.05, 0) is 0 Å². The monoisotopic (exact) mass is 288 g/mol. The Kier molecular flexibility index (Phi) is 42200. The molecule has 7 N–H and O–H groups in total. The van der Waals surface area contributed by atoms with E-state index in [0.29, 0.717) is 0 Å². The van der Waals surface area contributed by atoms with Crippen LogP contribution < -0.4 is 0 Å². The van der Waals surface area contributed by atoms with Gasteiger partial charge >= 0.3 is 50.6 Å². The van der Waals surface area contributed by atoms with Gasteiger partial charge in [-0.25, -0.2) is 0 Å². The van der Waals surface area contributed by atoms with Crippen LogP contribution in [0, 0.1) is 0 Å². The van der Waals surface area contributed by atoms with Gasteiger partial charge in [-0.3, -0.25) is 0 Å². The quantitative estimate of drug-likeness (QED) is 0.493. The van der Waals surface area contributed by atoms with Crippen molar-refractivity contribution in [2.24, 2.45) is 0 Å². The fraction of sp³-hybridized carbons (Fsp3) is 0. The van der Waals surface area contributed by atoms with Gasteiger partial charge in [0.05, 0.1) is 0 Å². The first-order valence-corrected chi connectivity index (χ1v) is 0. The fourth-order valence-electron chi connectivity index (χ4n) is 0. The van der Waals surface area contributed by atoms with Gasteiger partial charge in [-0.2, -0.15) is 0 Å². The molecule has 0 heterocycles. The van der Waals surface area contributed by atoms with Crippen LogP contribution >= 0.6 is 0 Å². The third kappa shape index (κ3) is 402. The molecular formula is H7CoCrNiO7. The van der Waals surface area contributed by atoms with Crippen molar-refractivity contribution < 1.29 is 89.0 Å². The summed E-state index contributed by atoms with van der Waals surface area (Å²) < 4.78 is 0. The van der Waals surface area contributed by atoms with Crippen LogP contribution in [0.5, 0.6) is 0 Å². The predicted octanol–water partition coefficient (Wildman–Crippen LogP) is -1.25. The molecule has 0 fully saturated rings. The number of rotatable bonds is 0. The molecule has 0 aliphatic rings. The molecule has 0 bridgehead atoms. The van der Waals surface area contributed by atoms with Gasteiger partial charge in [0.15, 0.2) is 0 Å². The first-order chi connectivity index (χ1) is 0. The maximum absolute atomic E-state index is 0. The maximum Gasteiger partial charge on any atom is 3.00 e. The van der Waals surface area contributed by atoms with Crippen molar-refractivity contribution in [2.45, 2.75) is 0 Å². The fourth-order valence-corrected chi connectivity index (χ4v) is 0. The Hall–Kier alpha value is 1.25. The third-order valence-electron chi connectivity index (χ3n) is 0. The first kappa shape index (κ1) is 754. The van der Waals surface area contributed by atoms with Crippen LogP contribution in [-0.2, 0) is 50.6 Å². The summed E-state index contributed by atoms with van der Waals surface area (Å²) in [5.41, 5.74) is 0. The normalized spacial score (nSPS) is 0. The average molecular weight is 289 g/mol. The van der Waals surface area contributed by atoms with Gasteiger partial charge in [0.1, 0.15) is 0 Å². The van der Waals surface area contributed by atoms with E-state index in [4.69, 9.17) is 0 Å². The summed E-state index contributed by atoms with van der Waals surface area (Å²) in [5.74, 6) is 0. The van der Waals surface area contributed by atoms with Crippen molar-refractivity contribution in [3.05, 3.63) is 0 Å². The van der Waals surface area contributed by atoms with E-state index in [-0.39, 0.29) is 89.0 Å². The third-order valence-corrected chi connectivity index (χ3v) is 0. The zero-order chi connectivity index (χ0) is 0. The SMILES string of the molecule is [Co+2].[Cr+3].[Ni+2].[OH-].[OH-].[OH-].[OH-].[OH-].[OH-].[OH-]. The molecule has 0 aliphatic carbocycles. The Morgan fingerprint density at radius 2 is 0.400 bits per heavy atom. The molecule has 0 aromatic carbocycles. The van der Waals surface area contributed by atoms with E-state index in [9.17, 15) is 0 Å². The van der Waals surface area contributed by atoms with Crippen molar-refractivity contribution in [3.8, 4) is 0 Å². The van der Waals surface area contributed by atoms with Crippen LogP contribution in [0.3, 0.4) is 0 Å². The van der Waals surface area contributed by atoms with Crippen LogP contribution in [-0.4, -0.2) is 38.3 Å². The summed E-state index contributed by atoms with van der Waals surface area (Å²) >= 11 is 0. The Bertz CT molecular complexity index is 13.6. The summed E-state index contributed by atoms with van der Waals surface area (Å²) in [5, 5.41) is 0. The van der Waals surface area contributed by atoms with Crippen LogP contribution in [0.25, 0.3) is 0 Å². The molecule has 0 amide bonds. The second-order valence-electron chi connectivity index (χ2n) is 0. The molecule has 74 valence electrons. The molecule has 0 aromatic heterocycles.